The summed E-state index contributed by atoms with van der Waals surface area (Å²) in [5.74, 6) is -0.170. The first kappa shape index (κ1) is 14.5. The fourth-order valence-corrected chi connectivity index (χ4v) is 3.00. The van der Waals surface area contributed by atoms with Gasteiger partial charge in [0.1, 0.15) is 4.90 Å². The Kier molecular flexibility index (Phi) is 4.30. The van der Waals surface area contributed by atoms with Crippen LogP contribution in [0, 0.1) is 0 Å². The smallest absolute Gasteiger partial charge is 0.246 e. The Bertz CT molecular complexity index is 534. The van der Waals surface area contributed by atoms with E-state index in [0.29, 0.717) is 0 Å². The maximum atomic E-state index is 12.3. The largest absolute Gasteiger partial charge is 0.409 e. The first-order valence-electron chi connectivity index (χ1n) is 5.26. The van der Waals surface area contributed by atoms with Crippen molar-refractivity contribution < 1.29 is 13.6 Å². The van der Waals surface area contributed by atoms with Gasteiger partial charge in [-0.25, -0.2) is 8.42 Å². The Morgan fingerprint density at radius 3 is 2.67 bits per heavy atom. The van der Waals surface area contributed by atoms with Gasteiger partial charge in [0.05, 0.1) is 12.7 Å². The second-order valence-corrected chi connectivity index (χ2v) is 5.98. The van der Waals surface area contributed by atoms with E-state index < -0.39 is 10.0 Å². The van der Waals surface area contributed by atoms with Gasteiger partial charge in [-0.15, -0.1) is 0 Å². The van der Waals surface area contributed by atoms with Crippen LogP contribution < -0.4 is 5.73 Å². The van der Waals surface area contributed by atoms with Crippen LogP contribution in [0.4, 0.5) is 0 Å². The summed E-state index contributed by atoms with van der Waals surface area (Å²) in [5, 5.41) is 15.1. The number of nitrogens with two attached hydrogens (primary N) is 1. The van der Waals surface area contributed by atoms with Gasteiger partial charge in [0.15, 0.2) is 5.84 Å². The third-order valence-corrected chi connectivity index (χ3v) is 4.28. The minimum atomic E-state index is -3.71. The summed E-state index contributed by atoms with van der Waals surface area (Å²) in [5.41, 5.74) is 5.36. The lowest BCUT2D eigenvalue weighted by Gasteiger charge is -2.24. The number of hydrogen-bond acceptors (Lipinski definition) is 5. The van der Waals surface area contributed by atoms with Crippen LogP contribution in [-0.2, 0) is 17.1 Å². The van der Waals surface area contributed by atoms with Crippen LogP contribution in [-0.4, -0.2) is 46.1 Å². The number of aromatic nitrogens is 2. The van der Waals surface area contributed by atoms with E-state index in [0.717, 1.165) is 4.31 Å². The van der Waals surface area contributed by atoms with E-state index in [4.69, 9.17) is 10.9 Å². The molecule has 3 N–H and O–H groups in total. The average molecular weight is 275 g/mol. The van der Waals surface area contributed by atoms with Crippen molar-refractivity contribution in [1.29, 1.82) is 0 Å². The summed E-state index contributed by atoms with van der Waals surface area (Å²) in [7, 11) is -2.08. The third kappa shape index (κ3) is 2.99. The molecule has 9 heteroatoms. The van der Waals surface area contributed by atoms with Crippen LogP contribution in [0.5, 0.6) is 0 Å². The minimum Gasteiger partial charge on any atom is -0.409 e. The summed E-state index contributed by atoms with van der Waals surface area (Å²) >= 11 is 0. The standard InChI is InChI=1S/C9H17N5O3S/c1-7(2)14(6-9(10)12-15)18(16,17)8-4-11-13(3)5-8/h4-5,7,15H,6H2,1-3H3,(H2,10,12). The van der Waals surface area contributed by atoms with Crippen molar-refractivity contribution in [3.05, 3.63) is 12.4 Å². The zero-order valence-electron chi connectivity index (χ0n) is 10.5. The van der Waals surface area contributed by atoms with Gasteiger partial charge in [-0.1, -0.05) is 5.16 Å². The number of aryl methyl sites for hydroxylation is 1. The second kappa shape index (κ2) is 5.36. The predicted molar refractivity (Wildman–Crippen MR) is 65.6 cm³/mol. The van der Waals surface area contributed by atoms with Crippen molar-refractivity contribution in [3.8, 4) is 0 Å². The highest BCUT2D eigenvalue weighted by molar-refractivity contribution is 7.89. The molecule has 0 saturated carbocycles. The molecule has 1 aromatic rings. The summed E-state index contributed by atoms with van der Waals surface area (Å²) in [6.07, 6.45) is 2.66. The van der Waals surface area contributed by atoms with Crippen LogP contribution in [0.1, 0.15) is 13.8 Å². The number of nitrogens with zero attached hydrogens (tertiary/aromatic N) is 4. The van der Waals surface area contributed by atoms with Crippen LogP contribution in [0.15, 0.2) is 22.4 Å². The number of sulfonamides is 1. The monoisotopic (exact) mass is 275 g/mol. The second-order valence-electron chi connectivity index (χ2n) is 4.09. The van der Waals surface area contributed by atoms with Crippen molar-refractivity contribution >= 4 is 15.9 Å². The molecular formula is C9H17N5O3S. The zero-order valence-corrected chi connectivity index (χ0v) is 11.3. The van der Waals surface area contributed by atoms with E-state index in [2.05, 4.69) is 10.3 Å². The normalized spacial score (nSPS) is 13.5. The number of rotatable bonds is 5. The van der Waals surface area contributed by atoms with Gasteiger partial charge in [-0.05, 0) is 13.8 Å². The molecule has 1 aromatic heterocycles. The predicted octanol–water partition coefficient (Wildman–Crippen LogP) is -0.434. The summed E-state index contributed by atoms with van der Waals surface area (Å²) in [6, 6.07) is -0.324. The van der Waals surface area contributed by atoms with Gasteiger partial charge in [-0.2, -0.15) is 9.40 Å². The van der Waals surface area contributed by atoms with Gasteiger partial charge in [0, 0.05) is 19.3 Å². The highest BCUT2D eigenvalue weighted by Gasteiger charge is 2.29. The molecule has 1 rings (SSSR count). The molecule has 0 aliphatic heterocycles. The van der Waals surface area contributed by atoms with Gasteiger partial charge in [0.2, 0.25) is 10.0 Å². The number of hydrogen-bond donors (Lipinski definition) is 2. The topological polar surface area (TPSA) is 114 Å². The van der Waals surface area contributed by atoms with E-state index >= 15 is 0 Å². The molecule has 0 aliphatic rings. The van der Waals surface area contributed by atoms with Crippen molar-refractivity contribution in [2.45, 2.75) is 24.8 Å². The minimum absolute atomic E-state index is 0.0736. The van der Waals surface area contributed by atoms with E-state index in [9.17, 15) is 8.42 Å². The fraction of sp³-hybridized carbons (Fsp3) is 0.556. The van der Waals surface area contributed by atoms with Crippen molar-refractivity contribution in [3.63, 3.8) is 0 Å². The SMILES string of the molecule is CC(C)N(CC(N)=NO)S(=O)(=O)c1cnn(C)c1. The van der Waals surface area contributed by atoms with Crippen molar-refractivity contribution in [1.82, 2.24) is 14.1 Å². The van der Waals surface area contributed by atoms with Gasteiger partial charge in [-0.3, -0.25) is 4.68 Å². The van der Waals surface area contributed by atoms with Crippen LogP contribution in [0.2, 0.25) is 0 Å². The molecule has 0 fully saturated rings. The quantitative estimate of drug-likeness (QED) is 0.327. The first-order valence-corrected chi connectivity index (χ1v) is 6.70. The molecule has 0 unspecified atom stereocenters. The van der Waals surface area contributed by atoms with E-state index in [1.807, 2.05) is 0 Å². The van der Waals surface area contributed by atoms with E-state index in [-0.39, 0.29) is 23.3 Å². The highest BCUT2D eigenvalue weighted by atomic mass is 32.2. The molecule has 0 aromatic carbocycles. The molecule has 0 atom stereocenters. The average Bonchev–Trinajstić information content (AvgIpc) is 2.72. The Morgan fingerprint density at radius 1 is 1.67 bits per heavy atom. The summed E-state index contributed by atoms with van der Waals surface area (Å²) < 4.78 is 27.2. The van der Waals surface area contributed by atoms with Crippen LogP contribution in [0.25, 0.3) is 0 Å². The lowest BCUT2D eigenvalue weighted by Crippen LogP contribution is -2.42. The molecular weight excluding hydrogens is 258 g/mol. The Hall–Kier alpha value is -1.61. The van der Waals surface area contributed by atoms with E-state index in [1.165, 1.54) is 17.1 Å². The van der Waals surface area contributed by atoms with Gasteiger partial charge in [0.25, 0.3) is 0 Å². The summed E-state index contributed by atoms with van der Waals surface area (Å²) in [6.45, 7) is 3.24. The number of oxime groups is 1. The third-order valence-electron chi connectivity index (χ3n) is 2.31. The fourth-order valence-electron chi connectivity index (χ4n) is 1.40. The lowest BCUT2D eigenvalue weighted by atomic mass is 10.4. The van der Waals surface area contributed by atoms with Gasteiger partial charge < -0.3 is 10.9 Å². The maximum Gasteiger partial charge on any atom is 0.246 e. The van der Waals surface area contributed by atoms with Crippen LogP contribution >= 0.6 is 0 Å². The van der Waals surface area contributed by atoms with Crippen LogP contribution in [0.3, 0.4) is 0 Å². The molecule has 0 bridgehead atoms. The molecule has 0 spiro atoms. The Labute approximate surface area is 106 Å². The van der Waals surface area contributed by atoms with Crippen molar-refractivity contribution in [2.75, 3.05) is 6.54 Å². The van der Waals surface area contributed by atoms with E-state index in [1.54, 1.807) is 20.9 Å². The molecule has 0 radical (unpaired) electrons. The first-order chi connectivity index (χ1) is 8.28. The molecule has 8 nitrogen and oxygen atoms in total. The lowest BCUT2D eigenvalue weighted by molar-refractivity contribution is 0.312. The Morgan fingerprint density at radius 2 is 2.28 bits per heavy atom. The molecule has 0 saturated heterocycles. The highest BCUT2D eigenvalue weighted by Crippen LogP contribution is 2.16. The molecule has 1 heterocycles. The zero-order chi connectivity index (χ0) is 13.9. The number of amidine groups is 1. The molecule has 18 heavy (non-hydrogen) atoms. The molecule has 102 valence electrons. The molecule has 0 amide bonds. The Balaban J connectivity index is 3.13. The summed E-state index contributed by atoms with van der Waals surface area (Å²) in [4.78, 5) is 0.0736. The van der Waals surface area contributed by atoms with Crippen molar-refractivity contribution in [2.24, 2.45) is 17.9 Å². The maximum absolute atomic E-state index is 12.3. The molecule has 0 aliphatic carbocycles. The van der Waals surface area contributed by atoms with Gasteiger partial charge >= 0.3 is 0 Å².